The van der Waals surface area contributed by atoms with Gasteiger partial charge < -0.3 is 19.9 Å². The lowest BCUT2D eigenvalue weighted by Crippen LogP contribution is -2.48. The van der Waals surface area contributed by atoms with Gasteiger partial charge in [0.2, 0.25) is 5.91 Å². The van der Waals surface area contributed by atoms with Gasteiger partial charge in [0.15, 0.2) is 0 Å². The molecule has 2 aliphatic rings. The molecule has 210 valence electrons. The number of carbonyl (C=O) groups is 1. The van der Waals surface area contributed by atoms with E-state index in [0.29, 0.717) is 0 Å². The molecule has 1 atom stereocenters. The van der Waals surface area contributed by atoms with Crippen LogP contribution < -0.4 is 19.9 Å². The molecular weight excluding hydrogens is 531 g/mol. The molecule has 1 fully saturated rings. The van der Waals surface area contributed by atoms with Crippen LogP contribution in [-0.4, -0.2) is 63.7 Å². The molecule has 2 heterocycles. The normalized spacial score (nSPS) is 18.4. The molecule has 0 spiro atoms. The van der Waals surface area contributed by atoms with Gasteiger partial charge in [-0.1, -0.05) is 48.5 Å². The molecule has 8 heteroatoms. The maximum absolute atomic E-state index is 13.8. The van der Waals surface area contributed by atoms with E-state index in [-0.39, 0.29) is 30.7 Å². The maximum atomic E-state index is 13.8. The third-order valence-corrected chi connectivity index (χ3v) is 8.10. The molecule has 3 aromatic rings. The molecule has 3 aromatic carbocycles. The van der Waals surface area contributed by atoms with Gasteiger partial charge in [0.25, 0.3) is 0 Å². The molecule has 2 aliphatic heterocycles. The third-order valence-electron chi connectivity index (χ3n) is 8.10. The summed E-state index contributed by atoms with van der Waals surface area (Å²) in [5.74, 6) is 1.00. The van der Waals surface area contributed by atoms with Gasteiger partial charge >= 0.3 is 0 Å². The van der Waals surface area contributed by atoms with E-state index in [2.05, 4.69) is 76.3 Å². The van der Waals surface area contributed by atoms with Crippen molar-refractivity contribution in [2.45, 2.75) is 25.7 Å². The number of piperazine rings is 1. The van der Waals surface area contributed by atoms with Crippen molar-refractivity contribution < 1.29 is 9.53 Å². The number of nitrogens with zero attached hydrogens (tertiary/aromatic N) is 3. The Bertz CT molecular complexity index is 1230. The first-order valence-electron chi connectivity index (χ1n) is 13.5. The summed E-state index contributed by atoms with van der Waals surface area (Å²) < 4.78 is 5.58. The van der Waals surface area contributed by atoms with Gasteiger partial charge in [-0.3, -0.25) is 9.69 Å². The fraction of sp³-hybridized carbons (Fsp3) is 0.387. The SMILES string of the molecule is CCN(CC)c1ccc2c(c1)NC(=O)C2(CCN1CCN(c2ccccc2OC)CC1)c1ccccc1.Cl.Cl. The van der Waals surface area contributed by atoms with Crippen LogP contribution >= 0.6 is 24.8 Å². The minimum atomic E-state index is -0.682. The number of halogens is 2. The number of carbonyl (C=O) groups excluding carboxylic acids is 1. The van der Waals surface area contributed by atoms with Crippen molar-refractivity contribution in [1.82, 2.24) is 4.90 Å². The number of methoxy groups -OCH3 is 1. The number of rotatable bonds is 9. The van der Waals surface area contributed by atoms with E-state index >= 15 is 0 Å². The van der Waals surface area contributed by atoms with Crippen LogP contribution in [0.4, 0.5) is 17.1 Å². The number of para-hydroxylation sites is 2. The van der Waals surface area contributed by atoms with Crippen molar-refractivity contribution >= 4 is 47.8 Å². The Labute approximate surface area is 245 Å². The number of amides is 1. The van der Waals surface area contributed by atoms with Crippen molar-refractivity contribution in [3.8, 4) is 5.75 Å². The lowest BCUT2D eigenvalue weighted by molar-refractivity contribution is -0.119. The minimum Gasteiger partial charge on any atom is -0.495 e. The molecule has 0 radical (unpaired) electrons. The maximum Gasteiger partial charge on any atom is 0.239 e. The van der Waals surface area contributed by atoms with Gasteiger partial charge in [-0.15, -0.1) is 24.8 Å². The summed E-state index contributed by atoms with van der Waals surface area (Å²) in [5, 5.41) is 3.25. The van der Waals surface area contributed by atoms with Crippen molar-refractivity contribution in [3.63, 3.8) is 0 Å². The minimum absolute atomic E-state index is 0. The van der Waals surface area contributed by atoms with Gasteiger partial charge in [-0.05, 0) is 62.2 Å². The van der Waals surface area contributed by atoms with Crippen LogP contribution in [0.25, 0.3) is 0 Å². The van der Waals surface area contributed by atoms with Crippen molar-refractivity contribution in [2.75, 3.05) is 68.0 Å². The molecule has 0 aliphatic carbocycles. The first kappa shape index (κ1) is 30.6. The number of nitrogens with one attached hydrogen (secondary N) is 1. The molecular formula is C31H40Cl2N4O2. The zero-order valence-corrected chi connectivity index (χ0v) is 24.7. The van der Waals surface area contributed by atoms with Crippen LogP contribution in [0.5, 0.6) is 5.75 Å². The van der Waals surface area contributed by atoms with Gasteiger partial charge in [-0.25, -0.2) is 0 Å². The standard InChI is InChI=1S/C31H38N4O2.2ClH/c1-4-34(5-2)25-15-16-26-27(23-25)32-30(36)31(26,24-11-7-6-8-12-24)17-18-33-19-21-35(22-20-33)28-13-9-10-14-29(28)37-3;;/h6-16,23H,4-5,17-22H2,1-3H3,(H,32,36);2*1H. The Morgan fingerprint density at radius 2 is 1.56 bits per heavy atom. The number of hydrogen-bond donors (Lipinski definition) is 1. The van der Waals surface area contributed by atoms with Crippen molar-refractivity contribution in [3.05, 3.63) is 83.9 Å². The van der Waals surface area contributed by atoms with E-state index in [1.54, 1.807) is 7.11 Å². The van der Waals surface area contributed by atoms with Crippen LogP contribution in [0.1, 0.15) is 31.4 Å². The van der Waals surface area contributed by atoms with E-state index in [9.17, 15) is 4.79 Å². The fourth-order valence-electron chi connectivity index (χ4n) is 5.98. The quantitative estimate of drug-likeness (QED) is 0.350. The van der Waals surface area contributed by atoms with E-state index in [0.717, 1.165) is 86.2 Å². The van der Waals surface area contributed by atoms with Crippen LogP contribution in [0.2, 0.25) is 0 Å². The lowest BCUT2D eigenvalue weighted by Gasteiger charge is -2.38. The first-order chi connectivity index (χ1) is 18.1. The van der Waals surface area contributed by atoms with E-state index < -0.39 is 5.41 Å². The monoisotopic (exact) mass is 570 g/mol. The van der Waals surface area contributed by atoms with Crippen LogP contribution in [0, 0.1) is 0 Å². The first-order valence-corrected chi connectivity index (χ1v) is 13.5. The van der Waals surface area contributed by atoms with E-state index in [1.165, 1.54) is 0 Å². The number of hydrogen-bond acceptors (Lipinski definition) is 5. The Kier molecular flexibility index (Phi) is 10.5. The second-order valence-electron chi connectivity index (χ2n) is 9.88. The van der Waals surface area contributed by atoms with Crippen LogP contribution in [-0.2, 0) is 10.2 Å². The molecule has 1 amide bonds. The van der Waals surface area contributed by atoms with Crippen molar-refractivity contribution in [1.29, 1.82) is 0 Å². The summed E-state index contributed by atoms with van der Waals surface area (Å²) >= 11 is 0. The molecule has 1 N–H and O–H groups in total. The topological polar surface area (TPSA) is 48.1 Å². The van der Waals surface area contributed by atoms with Crippen molar-refractivity contribution in [2.24, 2.45) is 0 Å². The average Bonchev–Trinajstić information content (AvgIpc) is 3.24. The second-order valence-corrected chi connectivity index (χ2v) is 9.88. The van der Waals surface area contributed by atoms with Gasteiger partial charge in [-0.2, -0.15) is 0 Å². The van der Waals surface area contributed by atoms with Gasteiger partial charge in [0.05, 0.1) is 12.8 Å². The molecule has 0 aromatic heterocycles. The Morgan fingerprint density at radius 1 is 0.897 bits per heavy atom. The summed E-state index contributed by atoms with van der Waals surface area (Å²) in [5.41, 5.74) is 4.72. The number of benzene rings is 3. The molecule has 6 nitrogen and oxygen atoms in total. The largest absolute Gasteiger partial charge is 0.495 e. The highest BCUT2D eigenvalue weighted by atomic mass is 35.5. The van der Waals surface area contributed by atoms with Crippen LogP contribution in [0.3, 0.4) is 0 Å². The Hall–Kier alpha value is -2.93. The zero-order valence-electron chi connectivity index (χ0n) is 23.1. The second kappa shape index (κ2) is 13.4. The molecule has 1 saturated heterocycles. The van der Waals surface area contributed by atoms with E-state index in [1.807, 2.05) is 30.3 Å². The third kappa shape index (κ3) is 5.84. The molecule has 1 unspecified atom stereocenters. The van der Waals surface area contributed by atoms with E-state index in [4.69, 9.17) is 4.74 Å². The predicted octanol–water partition coefficient (Wildman–Crippen LogP) is 5.84. The lowest BCUT2D eigenvalue weighted by atomic mass is 9.72. The predicted molar refractivity (Wildman–Crippen MR) is 167 cm³/mol. The summed E-state index contributed by atoms with van der Waals surface area (Å²) in [4.78, 5) is 21.0. The molecule has 0 saturated carbocycles. The highest BCUT2D eigenvalue weighted by molar-refractivity contribution is 6.09. The number of ether oxygens (including phenoxy) is 1. The molecule has 39 heavy (non-hydrogen) atoms. The Balaban J connectivity index is 0.00000210. The highest BCUT2D eigenvalue weighted by Gasteiger charge is 2.48. The zero-order chi connectivity index (χ0) is 25.8. The summed E-state index contributed by atoms with van der Waals surface area (Å²) in [6, 6.07) is 25.0. The average molecular weight is 572 g/mol. The summed E-state index contributed by atoms with van der Waals surface area (Å²) in [7, 11) is 1.73. The Morgan fingerprint density at radius 3 is 2.23 bits per heavy atom. The van der Waals surface area contributed by atoms with Crippen LogP contribution in [0.15, 0.2) is 72.8 Å². The summed E-state index contributed by atoms with van der Waals surface area (Å²) in [6.07, 6.45) is 0.745. The van der Waals surface area contributed by atoms with Gasteiger partial charge in [0, 0.05) is 50.6 Å². The fourth-order valence-corrected chi connectivity index (χ4v) is 5.98. The number of anilines is 3. The highest BCUT2D eigenvalue weighted by Crippen LogP contribution is 2.46. The van der Waals surface area contributed by atoms with Gasteiger partial charge in [0.1, 0.15) is 11.2 Å². The molecule has 5 rings (SSSR count). The molecule has 0 bridgehead atoms. The number of fused-ring (bicyclic) bond motifs is 1. The smallest absolute Gasteiger partial charge is 0.239 e. The summed E-state index contributed by atoms with van der Waals surface area (Å²) in [6.45, 7) is 10.9.